The van der Waals surface area contributed by atoms with Gasteiger partial charge in [-0.1, -0.05) is 6.58 Å². The molecule has 108 valence electrons. The predicted octanol–water partition coefficient (Wildman–Crippen LogP) is 1.14. The van der Waals surface area contributed by atoms with Crippen LogP contribution < -0.4 is 4.74 Å². The van der Waals surface area contributed by atoms with Crippen molar-refractivity contribution >= 4 is 33.9 Å². The topological polar surface area (TPSA) is 83.8 Å². The second kappa shape index (κ2) is 9.47. The third kappa shape index (κ3) is 7.89. The van der Waals surface area contributed by atoms with Gasteiger partial charge in [-0.25, -0.2) is 4.79 Å². The number of carbonyl (C=O) groups is 2. The molecule has 0 spiro atoms. The van der Waals surface area contributed by atoms with Gasteiger partial charge in [0.15, 0.2) is 0 Å². The van der Waals surface area contributed by atoms with Gasteiger partial charge in [0.2, 0.25) is 0 Å². The first-order chi connectivity index (χ1) is 9.27. The number of phenols is 1. The Morgan fingerprint density at radius 3 is 2.35 bits per heavy atom. The molecule has 0 saturated carbocycles. The zero-order valence-electron chi connectivity index (χ0n) is 12.0. The first-order valence-electron chi connectivity index (χ1n) is 6.02. The van der Waals surface area contributed by atoms with Crippen LogP contribution >= 0.6 is 0 Å². The van der Waals surface area contributed by atoms with Gasteiger partial charge in [0, 0.05) is 5.57 Å². The number of hydrogen-bond acceptors (Lipinski definition) is 4. The van der Waals surface area contributed by atoms with Crippen LogP contribution in [0.5, 0.6) is 11.5 Å². The van der Waals surface area contributed by atoms with Gasteiger partial charge in [-0.15, -0.1) is 0 Å². The number of rotatable bonds is 5. The van der Waals surface area contributed by atoms with Crippen molar-refractivity contribution < 1.29 is 24.5 Å². The van der Waals surface area contributed by atoms with Crippen molar-refractivity contribution in [2.45, 2.75) is 19.8 Å². The van der Waals surface area contributed by atoms with Crippen molar-refractivity contribution in [2.24, 2.45) is 0 Å². The molecule has 0 amide bonds. The second-order valence-corrected chi connectivity index (χ2v) is 7.48. The summed E-state index contributed by atoms with van der Waals surface area (Å²) in [5.74, 6) is -0.331. The second-order valence-electron chi connectivity index (χ2n) is 4.29. The number of aromatic hydroxyl groups is 1. The standard InChI is InChI=1S/C10H11O3.C4H6O2.In.2H/c1-13-10-7-8(3-2-6-11)4-5-9(10)12;1-3(2)4(5)6;;;/h4-5,7,12H,2-3H2,1H3;1H2,2H3,(H,5,6);;;. The van der Waals surface area contributed by atoms with E-state index in [2.05, 4.69) is 6.58 Å². The van der Waals surface area contributed by atoms with Crippen LogP contribution in [0.4, 0.5) is 0 Å². The summed E-state index contributed by atoms with van der Waals surface area (Å²) in [7, 11) is 1.51. The van der Waals surface area contributed by atoms with Crippen LogP contribution in [0, 0.1) is 0 Å². The fourth-order valence-corrected chi connectivity index (χ4v) is 1.91. The molecule has 0 atom stereocenters. The Morgan fingerprint density at radius 1 is 1.40 bits per heavy atom. The number of methoxy groups -OCH3 is 1. The van der Waals surface area contributed by atoms with Gasteiger partial charge in [0.1, 0.15) is 0 Å². The molecule has 20 heavy (non-hydrogen) atoms. The Balaban J connectivity index is 0.000000511. The maximum absolute atomic E-state index is 10.9. The zero-order chi connectivity index (χ0) is 15.7. The quantitative estimate of drug-likeness (QED) is 0.747. The van der Waals surface area contributed by atoms with Crippen LogP contribution in [-0.2, 0) is 16.0 Å². The summed E-state index contributed by atoms with van der Waals surface area (Å²) < 4.78 is 5.34. The van der Waals surface area contributed by atoms with E-state index in [1.807, 2.05) is 6.07 Å². The fraction of sp³-hybridized carbons (Fsp3) is 0.286. The number of carbonyl (C=O) groups excluding carboxylic acids is 1. The summed E-state index contributed by atoms with van der Waals surface area (Å²) in [6.45, 7) is 4.60. The predicted molar refractivity (Wildman–Crippen MR) is 79.0 cm³/mol. The van der Waals surface area contributed by atoms with Crippen molar-refractivity contribution in [1.29, 1.82) is 0 Å². The molecule has 1 aromatic carbocycles. The van der Waals surface area contributed by atoms with Crippen LogP contribution in [0.1, 0.15) is 18.9 Å². The molecule has 5 nitrogen and oxygen atoms in total. The van der Waals surface area contributed by atoms with Crippen LogP contribution in [0.2, 0.25) is 0 Å². The third-order valence-corrected chi connectivity index (χ3v) is 3.80. The van der Waals surface area contributed by atoms with E-state index >= 15 is 0 Å². The van der Waals surface area contributed by atoms with E-state index in [1.165, 1.54) is 14.0 Å². The number of benzene rings is 1. The van der Waals surface area contributed by atoms with Crippen molar-refractivity contribution in [1.82, 2.24) is 0 Å². The van der Waals surface area contributed by atoms with Crippen LogP contribution in [0.25, 0.3) is 0 Å². The van der Waals surface area contributed by atoms with Gasteiger partial charge in [0.05, 0.1) is 0 Å². The van der Waals surface area contributed by atoms with Gasteiger partial charge in [-0.05, 0) is 6.92 Å². The SMILES string of the molecule is C=C(C)C(=O)O.COc1cc(CC[C](=O)[InH2])ccc1O. The maximum atomic E-state index is 10.9. The van der Waals surface area contributed by atoms with Gasteiger partial charge < -0.3 is 5.11 Å². The molecule has 0 aliphatic heterocycles. The molecule has 0 aliphatic carbocycles. The van der Waals surface area contributed by atoms with E-state index in [1.54, 1.807) is 12.1 Å². The normalized spacial score (nSPS) is 9.10. The minimum absolute atomic E-state index is 0.116. The van der Waals surface area contributed by atoms with Crippen molar-refractivity contribution in [3.63, 3.8) is 0 Å². The van der Waals surface area contributed by atoms with Gasteiger partial charge >= 0.3 is 104 Å². The third-order valence-electron chi connectivity index (χ3n) is 2.37. The van der Waals surface area contributed by atoms with E-state index in [0.717, 1.165) is 12.0 Å². The molecule has 1 aromatic rings. The van der Waals surface area contributed by atoms with E-state index in [9.17, 15) is 14.7 Å². The number of carboxylic acids is 1. The Hall–Kier alpha value is -1.43. The molecule has 0 heterocycles. The summed E-state index contributed by atoms with van der Waals surface area (Å²) in [5, 5.41) is 17.2. The van der Waals surface area contributed by atoms with E-state index in [-0.39, 0.29) is 35.7 Å². The Kier molecular flexibility index (Phi) is 8.79. The summed E-state index contributed by atoms with van der Waals surface area (Å²) in [5.41, 5.74) is 1.20. The Morgan fingerprint density at radius 2 is 1.95 bits per heavy atom. The van der Waals surface area contributed by atoms with Crippen molar-refractivity contribution in [3.8, 4) is 11.5 Å². The number of carboxylic acid groups (broad SMARTS) is 1. The zero-order valence-corrected chi connectivity index (χ0v) is 17.7. The number of ether oxygens (including phenoxy) is 1. The average molecular weight is 382 g/mol. The van der Waals surface area contributed by atoms with Crippen LogP contribution in [0.3, 0.4) is 0 Å². The molecule has 1 rings (SSSR count). The van der Waals surface area contributed by atoms with Gasteiger partial charge in [-0.2, -0.15) is 0 Å². The molecular weight excluding hydrogens is 363 g/mol. The summed E-state index contributed by atoms with van der Waals surface area (Å²) in [6.07, 6.45) is 1.35. The van der Waals surface area contributed by atoms with Crippen molar-refractivity contribution in [2.75, 3.05) is 7.11 Å². The van der Waals surface area contributed by atoms with E-state index in [4.69, 9.17) is 9.84 Å². The first kappa shape index (κ1) is 18.6. The average Bonchev–Trinajstić information content (AvgIpc) is 2.38. The summed E-state index contributed by atoms with van der Waals surface area (Å²) in [4.78, 5) is 20.5. The molecule has 0 aliphatic rings. The fourth-order valence-electron chi connectivity index (χ4n) is 1.20. The minimum atomic E-state index is -0.935. The molecule has 0 aromatic heterocycles. The van der Waals surface area contributed by atoms with Crippen molar-refractivity contribution in [3.05, 3.63) is 35.9 Å². The number of aliphatic carboxylic acids is 1. The van der Waals surface area contributed by atoms with E-state index < -0.39 is 5.97 Å². The molecule has 0 unspecified atom stereocenters. The summed E-state index contributed by atoms with van der Waals surface area (Å²) in [6, 6.07) is 5.18. The van der Waals surface area contributed by atoms with Crippen LogP contribution in [-0.4, -0.2) is 51.2 Å². The molecule has 0 saturated heterocycles. The Bertz CT molecular complexity index is 484. The number of aryl methyl sites for hydroxylation is 1. The van der Waals surface area contributed by atoms with E-state index in [0.29, 0.717) is 15.7 Å². The number of hydrogen-bond donors (Lipinski definition) is 2. The number of phenolic OH excluding ortho intramolecular Hbond substituents is 1. The van der Waals surface area contributed by atoms with Gasteiger partial charge in [-0.3, -0.25) is 0 Å². The molecule has 0 radical (unpaired) electrons. The molecular formula is C14H19InO5. The van der Waals surface area contributed by atoms with Gasteiger partial charge in [0.25, 0.3) is 0 Å². The summed E-state index contributed by atoms with van der Waals surface area (Å²) >= 11 is 0.116. The Labute approximate surface area is 132 Å². The molecule has 0 fully saturated rings. The monoisotopic (exact) mass is 382 g/mol. The molecule has 2 N–H and O–H groups in total. The first-order valence-corrected chi connectivity index (χ1v) is 8.87. The molecule has 6 heteroatoms. The molecule has 0 bridgehead atoms. The van der Waals surface area contributed by atoms with Crippen LogP contribution in [0.15, 0.2) is 30.4 Å².